The molecule has 2 nitrogen and oxygen atoms in total. The van der Waals surface area contributed by atoms with Crippen molar-refractivity contribution in [2.45, 2.75) is 19.1 Å². The first-order chi connectivity index (χ1) is 6.86. The molecule has 0 aromatic heterocycles. The van der Waals surface area contributed by atoms with E-state index in [0.717, 1.165) is 19.5 Å². The number of ether oxygens (including phenoxy) is 1. The van der Waals surface area contributed by atoms with Gasteiger partial charge in [-0.05, 0) is 19.0 Å². The minimum Gasteiger partial charge on any atom is -0.372 e. The van der Waals surface area contributed by atoms with Gasteiger partial charge in [-0.1, -0.05) is 18.2 Å². The summed E-state index contributed by atoms with van der Waals surface area (Å²) in [6.45, 7) is 2.26. The van der Waals surface area contributed by atoms with Crippen molar-refractivity contribution in [1.82, 2.24) is 5.32 Å². The second-order valence-corrected chi connectivity index (χ2v) is 3.52. The predicted octanol–water partition coefficient (Wildman–Crippen LogP) is 2.13. The van der Waals surface area contributed by atoms with Gasteiger partial charge in [0, 0.05) is 12.1 Å². The van der Waals surface area contributed by atoms with Gasteiger partial charge in [-0.15, -0.1) is 12.4 Å². The molecule has 1 aromatic rings. The zero-order chi connectivity index (χ0) is 9.80. The fraction of sp³-hybridized carbons (Fsp3) is 0.455. The molecule has 2 rings (SSSR count). The Kier molecular flexibility index (Phi) is 5.02. The molecule has 1 fully saturated rings. The number of halogens is 2. The second kappa shape index (κ2) is 6.05. The molecule has 0 saturated carbocycles. The van der Waals surface area contributed by atoms with E-state index >= 15 is 0 Å². The summed E-state index contributed by atoms with van der Waals surface area (Å²) in [6, 6.07) is 6.74. The molecule has 0 amide bonds. The lowest BCUT2D eigenvalue weighted by Gasteiger charge is -2.10. The lowest BCUT2D eigenvalue weighted by atomic mass is 10.2. The maximum Gasteiger partial charge on any atom is 0.128 e. The van der Waals surface area contributed by atoms with Crippen LogP contribution in [-0.2, 0) is 11.3 Å². The van der Waals surface area contributed by atoms with Gasteiger partial charge in [0.1, 0.15) is 5.82 Å². The van der Waals surface area contributed by atoms with Gasteiger partial charge in [0.25, 0.3) is 0 Å². The van der Waals surface area contributed by atoms with Crippen LogP contribution < -0.4 is 5.32 Å². The van der Waals surface area contributed by atoms with Crippen LogP contribution in [0.3, 0.4) is 0 Å². The minimum absolute atomic E-state index is 0. The monoisotopic (exact) mass is 231 g/mol. The van der Waals surface area contributed by atoms with Crippen molar-refractivity contribution in [3.05, 3.63) is 35.6 Å². The number of benzene rings is 1. The van der Waals surface area contributed by atoms with Crippen LogP contribution in [-0.4, -0.2) is 19.2 Å². The van der Waals surface area contributed by atoms with E-state index in [4.69, 9.17) is 4.74 Å². The Bertz CT molecular complexity index is 302. The summed E-state index contributed by atoms with van der Waals surface area (Å²) in [5.41, 5.74) is 0.638. The third-order valence-corrected chi connectivity index (χ3v) is 2.45. The molecule has 1 aliphatic rings. The van der Waals surface area contributed by atoms with Gasteiger partial charge < -0.3 is 10.1 Å². The Balaban J connectivity index is 0.00000112. The van der Waals surface area contributed by atoms with E-state index in [0.29, 0.717) is 12.2 Å². The van der Waals surface area contributed by atoms with Crippen LogP contribution in [0.5, 0.6) is 0 Å². The van der Waals surface area contributed by atoms with Gasteiger partial charge in [0.2, 0.25) is 0 Å². The van der Waals surface area contributed by atoms with Gasteiger partial charge in [-0.25, -0.2) is 4.39 Å². The van der Waals surface area contributed by atoms with Crippen molar-refractivity contribution in [2.24, 2.45) is 0 Å². The average molecular weight is 232 g/mol. The summed E-state index contributed by atoms with van der Waals surface area (Å²) in [4.78, 5) is 0. The summed E-state index contributed by atoms with van der Waals surface area (Å²) in [5.74, 6) is -0.182. The van der Waals surface area contributed by atoms with Crippen LogP contribution in [0.2, 0.25) is 0 Å². The SMILES string of the molecule is Cl.Fc1ccccc1CO[C@@H]1CCNC1. The molecule has 1 heterocycles. The topological polar surface area (TPSA) is 21.3 Å². The normalized spacial score (nSPS) is 19.9. The van der Waals surface area contributed by atoms with E-state index in [1.807, 2.05) is 6.07 Å². The van der Waals surface area contributed by atoms with Crippen LogP contribution >= 0.6 is 12.4 Å². The summed E-state index contributed by atoms with van der Waals surface area (Å²) in [5, 5.41) is 3.20. The molecule has 0 spiro atoms. The van der Waals surface area contributed by atoms with Crippen molar-refractivity contribution in [3.63, 3.8) is 0 Å². The Morgan fingerprint density at radius 2 is 2.20 bits per heavy atom. The van der Waals surface area contributed by atoms with Crippen LogP contribution in [0, 0.1) is 5.82 Å². The lowest BCUT2D eigenvalue weighted by molar-refractivity contribution is 0.0525. The largest absolute Gasteiger partial charge is 0.372 e. The van der Waals surface area contributed by atoms with Gasteiger partial charge in [0.15, 0.2) is 0 Å². The molecule has 84 valence electrons. The first kappa shape index (κ1) is 12.4. The van der Waals surface area contributed by atoms with Gasteiger partial charge in [-0.2, -0.15) is 0 Å². The van der Waals surface area contributed by atoms with Crippen molar-refractivity contribution in [3.8, 4) is 0 Å². The third-order valence-electron chi connectivity index (χ3n) is 2.45. The zero-order valence-corrected chi connectivity index (χ0v) is 9.23. The van der Waals surface area contributed by atoms with Crippen LogP contribution in [0.1, 0.15) is 12.0 Å². The van der Waals surface area contributed by atoms with Crippen molar-refractivity contribution in [2.75, 3.05) is 13.1 Å². The molecule has 0 bridgehead atoms. The van der Waals surface area contributed by atoms with Crippen molar-refractivity contribution >= 4 is 12.4 Å². The standard InChI is InChI=1S/C11H14FNO.ClH/c12-11-4-2-1-3-9(11)8-14-10-5-6-13-7-10;/h1-4,10,13H,5-8H2;1H/t10-;/m1./s1. The Labute approximate surface area is 95.2 Å². The number of hydrogen-bond acceptors (Lipinski definition) is 2. The quantitative estimate of drug-likeness (QED) is 0.861. The molecule has 1 atom stereocenters. The molecule has 0 unspecified atom stereocenters. The van der Waals surface area contributed by atoms with E-state index in [1.54, 1.807) is 12.1 Å². The Morgan fingerprint density at radius 1 is 1.40 bits per heavy atom. The highest BCUT2D eigenvalue weighted by Crippen LogP contribution is 2.11. The highest BCUT2D eigenvalue weighted by molar-refractivity contribution is 5.85. The molecule has 1 aromatic carbocycles. The fourth-order valence-electron chi connectivity index (χ4n) is 1.59. The smallest absolute Gasteiger partial charge is 0.128 e. The highest BCUT2D eigenvalue weighted by Gasteiger charge is 2.15. The van der Waals surface area contributed by atoms with E-state index in [9.17, 15) is 4.39 Å². The summed E-state index contributed by atoms with van der Waals surface area (Å²) >= 11 is 0. The van der Waals surface area contributed by atoms with E-state index in [1.165, 1.54) is 6.07 Å². The van der Waals surface area contributed by atoms with Crippen LogP contribution in [0.4, 0.5) is 4.39 Å². The number of rotatable bonds is 3. The summed E-state index contributed by atoms with van der Waals surface area (Å²) < 4.78 is 18.7. The zero-order valence-electron chi connectivity index (χ0n) is 8.41. The van der Waals surface area contributed by atoms with Gasteiger partial charge in [-0.3, -0.25) is 0 Å². The fourth-order valence-corrected chi connectivity index (χ4v) is 1.59. The molecule has 1 N–H and O–H groups in total. The first-order valence-corrected chi connectivity index (χ1v) is 4.92. The highest BCUT2D eigenvalue weighted by atomic mass is 35.5. The lowest BCUT2D eigenvalue weighted by Crippen LogP contribution is -2.16. The second-order valence-electron chi connectivity index (χ2n) is 3.52. The van der Waals surface area contributed by atoms with E-state index < -0.39 is 0 Å². The molecule has 1 aliphatic heterocycles. The van der Waals surface area contributed by atoms with E-state index in [-0.39, 0.29) is 24.3 Å². The van der Waals surface area contributed by atoms with Crippen molar-refractivity contribution < 1.29 is 9.13 Å². The molecule has 0 aliphatic carbocycles. The average Bonchev–Trinajstić information content (AvgIpc) is 2.69. The van der Waals surface area contributed by atoms with E-state index in [2.05, 4.69) is 5.32 Å². The minimum atomic E-state index is -0.182. The molecule has 0 radical (unpaired) electrons. The van der Waals surface area contributed by atoms with Gasteiger partial charge >= 0.3 is 0 Å². The first-order valence-electron chi connectivity index (χ1n) is 4.92. The summed E-state index contributed by atoms with van der Waals surface area (Å²) in [7, 11) is 0. The third kappa shape index (κ3) is 3.45. The molecule has 1 saturated heterocycles. The molecule has 15 heavy (non-hydrogen) atoms. The van der Waals surface area contributed by atoms with Gasteiger partial charge in [0.05, 0.1) is 12.7 Å². The Morgan fingerprint density at radius 3 is 2.87 bits per heavy atom. The molecular formula is C11H15ClFNO. The number of hydrogen-bond donors (Lipinski definition) is 1. The maximum absolute atomic E-state index is 13.2. The molecule has 4 heteroatoms. The Hall–Kier alpha value is -0.640. The van der Waals surface area contributed by atoms with Crippen LogP contribution in [0.25, 0.3) is 0 Å². The number of nitrogens with one attached hydrogen (secondary N) is 1. The van der Waals surface area contributed by atoms with Crippen molar-refractivity contribution in [1.29, 1.82) is 0 Å². The molecular weight excluding hydrogens is 217 g/mol. The summed E-state index contributed by atoms with van der Waals surface area (Å²) in [6.07, 6.45) is 1.27. The predicted molar refractivity (Wildman–Crippen MR) is 59.7 cm³/mol. The van der Waals surface area contributed by atoms with Crippen LogP contribution in [0.15, 0.2) is 24.3 Å². The maximum atomic E-state index is 13.2.